The van der Waals surface area contributed by atoms with Crippen molar-refractivity contribution >= 4 is 11.9 Å². The number of nitrogens with zero attached hydrogens (tertiary/aromatic N) is 1. The molecule has 2 unspecified atom stereocenters. The zero-order valence-corrected chi connectivity index (χ0v) is 13.3. The first-order chi connectivity index (χ1) is 9.82. The van der Waals surface area contributed by atoms with Crippen LogP contribution < -0.4 is 0 Å². The number of carboxylic acids is 1. The van der Waals surface area contributed by atoms with E-state index < -0.39 is 11.4 Å². The summed E-state index contributed by atoms with van der Waals surface area (Å²) >= 11 is 0. The molecule has 0 radical (unpaired) electrons. The van der Waals surface area contributed by atoms with Gasteiger partial charge in [-0.2, -0.15) is 0 Å². The molecule has 4 heteroatoms. The van der Waals surface area contributed by atoms with Crippen molar-refractivity contribution in [2.24, 2.45) is 0 Å². The van der Waals surface area contributed by atoms with Gasteiger partial charge in [-0.3, -0.25) is 9.59 Å². The topological polar surface area (TPSA) is 57.6 Å². The predicted molar refractivity (Wildman–Crippen MR) is 83.2 cm³/mol. The summed E-state index contributed by atoms with van der Waals surface area (Å²) in [7, 11) is 1.75. The van der Waals surface area contributed by atoms with Gasteiger partial charge in [0.25, 0.3) is 0 Å². The lowest BCUT2D eigenvalue weighted by Crippen LogP contribution is -2.42. The Labute approximate surface area is 126 Å². The minimum Gasteiger partial charge on any atom is -0.481 e. The molecule has 0 saturated carbocycles. The number of amides is 1. The van der Waals surface area contributed by atoms with Crippen LogP contribution in [0.1, 0.15) is 45.6 Å². The number of aliphatic carboxylic acids is 1. The van der Waals surface area contributed by atoms with Crippen LogP contribution in [0.5, 0.6) is 0 Å². The molecule has 1 aromatic rings. The second-order valence-electron chi connectivity index (χ2n) is 5.82. The van der Waals surface area contributed by atoms with Crippen LogP contribution in [0.25, 0.3) is 0 Å². The van der Waals surface area contributed by atoms with Gasteiger partial charge in [-0.1, -0.05) is 43.7 Å². The lowest BCUT2D eigenvalue weighted by molar-refractivity contribution is -0.147. The molecular formula is C17H25NO3. The van der Waals surface area contributed by atoms with Gasteiger partial charge in [0, 0.05) is 19.5 Å². The Morgan fingerprint density at radius 1 is 1.29 bits per heavy atom. The number of rotatable bonds is 7. The molecule has 21 heavy (non-hydrogen) atoms. The molecule has 0 aliphatic carbocycles. The molecule has 1 rings (SSSR count). The lowest BCUT2D eigenvalue weighted by atomic mass is 9.79. The van der Waals surface area contributed by atoms with Crippen LogP contribution in [-0.2, 0) is 15.0 Å². The highest BCUT2D eigenvalue weighted by Crippen LogP contribution is 2.29. The van der Waals surface area contributed by atoms with Crippen molar-refractivity contribution in [1.29, 1.82) is 0 Å². The largest absolute Gasteiger partial charge is 0.481 e. The van der Waals surface area contributed by atoms with Crippen molar-refractivity contribution in [2.75, 3.05) is 7.05 Å². The maximum Gasteiger partial charge on any atom is 0.314 e. The number of carbonyl (C=O) groups excluding carboxylic acids is 1. The fourth-order valence-electron chi connectivity index (χ4n) is 2.39. The number of carbonyl (C=O) groups is 2. The van der Waals surface area contributed by atoms with Crippen LogP contribution in [0.2, 0.25) is 0 Å². The second-order valence-corrected chi connectivity index (χ2v) is 5.82. The third kappa shape index (κ3) is 4.06. The van der Waals surface area contributed by atoms with Gasteiger partial charge >= 0.3 is 5.97 Å². The molecule has 1 N–H and O–H groups in total. The molecule has 0 aliphatic rings. The summed E-state index contributed by atoms with van der Waals surface area (Å²) in [6.07, 6.45) is 1.88. The van der Waals surface area contributed by atoms with Gasteiger partial charge < -0.3 is 10.0 Å². The van der Waals surface area contributed by atoms with Crippen LogP contribution >= 0.6 is 0 Å². The minimum absolute atomic E-state index is 0.0309. The Morgan fingerprint density at radius 2 is 1.86 bits per heavy atom. The molecule has 1 aromatic carbocycles. The maximum absolute atomic E-state index is 12.4. The Bertz CT molecular complexity index is 486. The van der Waals surface area contributed by atoms with Crippen molar-refractivity contribution in [2.45, 2.75) is 51.5 Å². The van der Waals surface area contributed by atoms with Crippen molar-refractivity contribution in [3.05, 3.63) is 35.9 Å². The standard InChI is InChI=1S/C17H25NO3/c1-5-9-13(2)18(4)15(19)12-17(3,16(20)21)14-10-7-6-8-11-14/h6-8,10-11,13H,5,9,12H2,1-4H3,(H,20,21). The van der Waals surface area contributed by atoms with Gasteiger partial charge in [0.05, 0.1) is 5.41 Å². The van der Waals surface area contributed by atoms with E-state index in [4.69, 9.17) is 0 Å². The average Bonchev–Trinajstić information content (AvgIpc) is 2.47. The van der Waals surface area contributed by atoms with Crippen molar-refractivity contribution in [1.82, 2.24) is 4.90 Å². The fraction of sp³-hybridized carbons (Fsp3) is 0.529. The van der Waals surface area contributed by atoms with Crippen LogP contribution in [0, 0.1) is 0 Å². The highest BCUT2D eigenvalue weighted by atomic mass is 16.4. The number of hydrogen-bond acceptors (Lipinski definition) is 2. The summed E-state index contributed by atoms with van der Waals surface area (Å²) in [5.74, 6) is -1.11. The zero-order valence-electron chi connectivity index (χ0n) is 13.3. The monoisotopic (exact) mass is 291 g/mol. The second kappa shape index (κ2) is 7.25. The molecule has 0 saturated heterocycles. The van der Waals surface area contributed by atoms with E-state index in [2.05, 4.69) is 6.92 Å². The van der Waals surface area contributed by atoms with Crippen LogP contribution in [0.15, 0.2) is 30.3 Å². The van der Waals surface area contributed by atoms with Crippen LogP contribution in [0.3, 0.4) is 0 Å². The lowest BCUT2D eigenvalue weighted by Gasteiger charge is -2.30. The first-order valence-electron chi connectivity index (χ1n) is 7.37. The third-order valence-electron chi connectivity index (χ3n) is 4.15. The molecule has 0 bridgehead atoms. The fourth-order valence-corrected chi connectivity index (χ4v) is 2.39. The Morgan fingerprint density at radius 3 is 2.33 bits per heavy atom. The normalized spacial score (nSPS) is 15.0. The summed E-state index contributed by atoms with van der Waals surface area (Å²) in [5, 5.41) is 9.59. The van der Waals surface area contributed by atoms with E-state index in [1.807, 2.05) is 13.0 Å². The molecule has 2 atom stereocenters. The quantitative estimate of drug-likeness (QED) is 0.840. The Hall–Kier alpha value is -1.84. The van der Waals surface area contributed by atoms with Gasteiger partial charge in [-0.25, -0.2) is 0 Å². The van der Waals surface area contributed by atoms with E-state index >= 15 is 0 Å². The molecule has 1 amide bonds. The maximum atomic E-state index is 12.4. The predicted octanol–water partition coefficient (Wildman–Crippen LogP) is 3.07. The summed E-state index contributed by atoms with van der Waals surface area (Å²) < 4.78 is 0. The van der Waals surface area contributed by atoms with E-state index in [1.165, 1.54) is 0 Å². The van der Waals surface area contributed by atoms with E-state index in [1.54, 1.807) is 43.1 Å². The third-order valence-corrected chi connectivity index (χ3v) is 4.15. The molecule has 4 nitrogen and oxygen atoms in total. The summed E-state index contributed by atoms with van der Waals surface area (Å²) in [4.78, 5) is 25.8. The van der Waals surface area contributed by atoms with Gasteiger partial charge in [0.15, 0.2) is 0 Å². The number of hydrogen-bond donors (Lipinski definition) is 1. The van der Waals surface area contributed by atoms with Gasteiger partial charge in [0.1, 0.15) is 0 Å². The van der Waals surface area contributed by atoms with Gasteiger partial charge in [0.2, 0.25) is 5.91 Å². The van der Waals surface area contributed by atoms with E-state index in [0.717, 1.165) is 12.8 Å². The van der Waals surface area contributed by atoms with E-state index in [0.29, 0.717) is 5.56 Å². The van der Waals surface area contributed by atoms with E-state index in [9.17, 15) is 14.7 Å². The number of carboxylic acid groups (broad SMARTS) is 1. The zero-order chi connectivity index (χ0) is 16.0. The van der Waals surface area contributed by atoms with Crippen LogP contribution in [-0.4, -0.2) is 35.0 Å². The van der Waals surface area contributed by atoms with Crippen molar-refractivity contribution in [3.8, 4) is 0 Å². The molecule has 0 spiro atoms. The first-order valence-corrected chi connectivity index (χ1v) is 7.37. The molecular weight excluding hydrogens is 266 g/mol. The average molecular weight is 291 g/mol. The summed E-state index contributed by atoms with van der Waals surface area (Å²) in [6.45, 7) is 5.67. The first kappa shape index (κ1) is 17.2. The van der Waals surface area contributed by atoms with Crippen molar-refractivity contribution in [3.63, 3.8) is 0 Å². The SMILES string of the molecule is CCCC(C)N(C)C(=O)CC(C)(C(=O)O)c1ccccc1. The number of benzene rings is 1. The molecule has 0 heterocycles. The Balaban J connectivity index is 2.94. The highest BCUT2D eigenvalue weighted by Gasteiger charge is 2.38. The van der Waals surface area contributed by atoms with Crippen LogP contribution in [0.4, 0.5) is 0 Å². The highest BCUT2D eigenvalue weighted by molar-refractivity contribution is 5.89. The molecule has 116 valence electrons. The smallest absolute Gasteiger partial charge is 0.314 e. The summed E-state index contributed by atoms with van der Waals surface area (Å²) in [6, 6.07) is 9.07. The molecule has 0 fully saturated rings. The van der Waals surface area contributed by atoms with Gasteiger partial charge in [-0.05, 0) is 25.8 Å². The summed E-state index contributed by atoms with van der Waals surface area (Å²) in [5.41, 5.74) is -0.541. The minimum atomic E-state index is -1.20. The van der Waals surface area contributed by atoms with E-state index in [-0.39, 0.29) is 18.4 Å². The van der Waals surface area contributed by atoms with Crippen molar-refractivity contribution < 1.29 is 14.7 Å². The van der Waals surface area contributed by atoms with Gasteiger partial charge in [-0.15, -0.1) is 0 Å². The molecule has 0 aliphatic heterocycles. The Kier molecular flexibility index (Phi) is 5.94. The molecule has 0 aromatic heterocycles.